The van der Waals surface area contributed by atoms with Crippen LogP contribution < -0.4 is 21.8 Å². The first kappa shape index (κ1) is 49.1. The Kier molecular flexibility index (Phi) is 15.0. The van der Waals surface area contributed by atoms with Crippen LogP contribution in [0.2, 0.25) is 0 Å². The van der Waals surface area contributed by atoms with Crippen molar-refractivity contribution in [1.82, 2.24) is 9.13 Å². The number of benzene rings is 4. The number of carbonyl (C=O) groups excluding carboxylic acids is 3. The number of alkyl halides is 6. The number of aryl methyl sites for hydroxylation is 2. The van der Waals surface area contributed by atoms with E-state index in [1.54, 1.807) is 64.1 Å². The van der Waals surface area contributed by atoms with E-state index >= 15 is 0 Å². The number of rotatable bonds is 11. The molecule has 0 unspecified atom stereocenters. The Labute approximate surface area is 365 Å². The van der Waals surface area contributed by atoms with Gasteiger partial charge in [0.1, 0.15) is 18.2 Å². The quantitative estimate of drug-likeness (QED) is 0.0868. The molecule has 344 valence electrons. The van der Waals surface area contributed by atoms with Crippen molar-refractivity contribution in [3.8, 4) is 0 Å². The first-order valence-electron chi connectivity index (χ1n) is 19.7. The molecule has 3 N–H and O–H groups in total. The second-order valence-electron chi connectivity index (χ2n) is 15.3. The fourth-order valence-corrected chi connectivity index (χ4v) is 6.87. The van der Waals surface area contributed by atoms with Crippen LogP contribution >= 0.6 is 0 Å². The van der Waals surface area contributed by atoms with Crippen molar-refractivity contribution in [2.45, 2.75) is 71.9 Å². The second kappa shape index (κ2) is 19.9. The van der Waals surface area contributed by atoms with Crippen molar-refractivity contribution in [1.29, 1.82) is 0 Å². The first-order valence-corrected chi connectivity index (χ1v) is 19.7. The van der Waals surface area contributed by atoms with Gasteiger partial charge in [0.25, 0.3) is 11.1 Å². The number of hydrogen-bond donors (Lipinski definition) is 3. The highest BCUT2D eigenvalue weighted by atomic mass is 19.4. The van der Waals surface area contributed by atoms with E-state index in [1.165, 1.54) is 28.5 Å². The molecule has 4 aromatic carbocycles. The molecule has 0 radical (unpaired) electrons. The van der Waals surface area contributed by atoms with Gasteiger partial charge in [-0.25, -0.2) is 8.78 Å². The van der Waals surface area contributed by atoms with E-state index in [-0.39, 0.29) is 48.3 Å². The Hall–Kier alpha value is -6.89. The molecule has 6 aromatic rings. The molecule has 0 bridgehead atoms. The highest BCUT2D eigenvalue weighted by Crippen LogP contribution is 2.33. The third-order valence-corrected chi connectivity index (χ3v) is 10.3. The number of aliphatic hydroxyl groups is 1. The minimum Gasteiger partial charge on any atom is -0.464 e. The number of nitrogens with zero attached hydrogens (tertiary/aromatic N) is 2. The maximum absolute atomic E-state index is 13.8. The third-order valence-electron chi connectivity index (χ3n) is 10.3. The van der Waals surface area contributed by atoms with Gasteiger partial charge in [-0.3, -0.25) is 24.0 Å². The summed E-state index contributed by atoms with van der Waals surface area (Å²) in [6.45, 7) is 7.93. The number of pyridine rings is 2. The molecule has 2 heterocycles. The molecule has 0 fully saturated rings. The Morgan fingerprint density at radius 2 is 1.03 bits per heavy atom. The van der Waals surface area contributed by atoms with E-state index in [4.69, 9.17) is 4.74 Å². The average Bonchev–Trinajstić information content (AvgIpc) is 3.21. The van der Waals surface area contributed by atoms with Gasteiger partial charge < -0.3 is 29.6 Å². The maximum atomic E-state index is 13.8. The van der Waals surface area contributed by atoms with Gasteiger partial charge in [0.2, 0.25) is 11.8 Å². The summed E-state index contributed by atoms with van der Waals surface area (Å²) < 4.78 is 112. The molecule has 2 atom stereocenters. The Morgan fingerprint density at radius 3 is 1.38 bits per heavy atom. The van der Waals surface area contributed by atoms with E-state index in [2.05, 4.69) is 10.6 Å². The van der Waals surface area contributed by atoms with Crippen molar-refractivity contribution in [3.05, 3.63) is 151 Å². The molecule has 2 aromatic heterocycles. The first-order chi connectivity index (χ1) is 30.4. The van der Waals surface area contributed by atoms with Crippen LogP contribution in [0.3, 0.4) is 0 Å². The minimum absolute atomic E-state index is 0.0138. The van der Waals surface area contributed by atoms with Crippen LogP contribution in [0.25, 0.3) is 21.5 Å². The van der Waals surface area contributed by atoms with Crippen LogP contribution in [0.1, 0.15) is 66.2 Å². The molecule has 0 saturated carbocycles. The van der Waals surface area contributed by atoms with Gasteiger partial charge in [-0.15, -0.1) is 0 Å². The molecule has 0 aliphatic carbocycles. The number of carbonyl (C=O) groups is 3. The number of hydrogen-bond acceptors (Lipinski definition) is 7. The van der Waals surface area contributed by atoms with Crippen molar-refractivity contribution in [2.75, 3.05) is 23.8 Å². The van der Waals surface area contributed by atoms with E-state index in [9.17, 15) is 64.2 Å². The van der Waals surface area contributed by atoms with Crippen LogP contribution in [-0.2, 0) is 44.3 Å². The van der Waals surface area contributed by atoms with Gasteiger partial charge in [0.05, 0.1) is 54.0 Å². The summed E-state index contributed by atoms with van der Waals surface area (Å²) in [5.74, 6) is -4.51. The van der Waals surface area contributed by atoms with E-state index < -0.39 is 65.0 Å². The van der Waals surface area contributed by atoms with Gasteiger partial charge in [-0.1, -0.05) is 24.3 Å². The van der Waals surface area contributed by atoms with Gasteiger partial charge in [0, 0.05) is 40.9 Å². The van der Waals surface area contributed by atoms with Crippen LogP contribution in [-0.4, -0.2) is 45.2 Å². The average molecular weight is 915 g/mol. The smallest absolute Gasteiger partial charge is 0.419 e. The third kappa shape index (κ3) is 11.6. The lowest BCUT2D eigenvalue weighted by Crippen LogP contribution is -2.26. The summed E-state index contributed by atoms with van der Waals surface area (Å²) in [6.07, 6.45) is -7.30. The SMILES string of the molecule is CC(=O)OC[C@@H](C)n1ccc2c(NC(=O)Cc3ccc(C(F)(F)F)c(F)c3)c(C)ccc2c1=O.Cc1ccc2c(=O)n([C@H](C)CO)ccc2c1NC(=O)Cc1ccc(C(F)(F)F)c(F)c1. The summed E-state index contributed by atoms with van der Waals surface area (Å²) in [4.78, 5) is 61.9. The molecule has 65 heavy (non-hydrogen) atoms. The fraction of sp³-hybridized carbons (Fsp3) is 0.283. The number of nitrogens with one attached hydrogen (secondary N) is 2. The fourth-order valence-electron chi connectivity index (χ4n) is 6.87. The number of anilines is 2. The maximum Gasteiger partial charge on any atom is 0.419 e. The summed E-state index contributed by atoms with van der Waals surface area (Å²) in [6, 6.07) is 13.6. The Bertz CT molecular complexity index is 2910. The molecule has 0 spiro atoms. The summed E-state index contributed by atoms with van der Waals surface area (Å²) >= 11 is 0. The molecule has 0 aliphatic heterocycles. The normalized spacial score (nSPS) is 12.6. The predicted molar refractivity (Wildman–Crippen MR) is 227 cm³/mol. The van der Waals surface area contributed by atoms with Crippen molar-refractivity contribution < 1.29 is 59.4 Å². The molecular weight excluding hydrogens is 873 g/mol. The standard InChI is InChI=1S/C24H22F4N2O4.C22H20F4N2O3/c1-13-4-6-18-17(8-9-30(23(18)33)14(2)12-34-15(3)31)22(13)29-21(32)11-16-5-7-19(20(25)10-16)24(26,27)28;1-12-3-5-16-15(7-8-28(21(16)31)13(2)11-29)20(12)27-19(30)10-14-4-6-17(18(23)9-14)22(24,25)26/h4-10,14H,11-12H2,1-3H3,(H,29,32);3-9,13,29H,10-11H2,1-2H3,(H,27,30)/t14-;13-/m11/s1. The Balaban J connectivity index is 0.000000245. The lowest BCUT2D eigenvalue weighted by Gasteiger charge is -2.17. The zero-order valence-electron chi connectivity index (χ0n) is 35.4. The van der Waals surface area contributed by atoms with Crippen molar-refractivity contribution in [2.24, 2.45) is 0 Å². The number of aromatic nitrogens is 2. The number of amides is 2. The molecule has 0 aliphatic rings. The van der Waals surface area contributed by atoms with E-state index in [0.29, 0.717) is 68.3 Å². The van der Waals surface area contributed by atoms with Gasteiger partial charge in [-0.2, -0.15) is 26.3 Å². The predicted octanol–water partition coefficient (Wildman–Crippen LogP) is 8.98. The monoisotopic (exact) mass is 914 g/mol. The van der Waals surface area contributed by atoms with E-state index in [0.717, 1.165) is 12.1 Å². The lowest BCUT2D eigenvalue weighted by atomic mass is 10.0. The van der Waals surface area contributed by atoms with Crippen LogP contribution in [0.15, 0.2) is 94.8 Å². The van der Waals surface area contributed by atoms with Gasteiger partial charge in [-0.05, 0) is 98.5 Å². The molecule has 11 nitrogen and oxygen atoms in total. The highest BCUT2D eigenvalue weighted by Gasteiger charge is 2.35. The summed E-state index contributed by atoms with van der Waals surface area (Å²) in [7, 11) is 0. The summed E-state index contributed by atoms with van der Waals surface area (Å²) in [5, 5.41) is 16.3. The summed E-state index contributed by atoms with van der Waals surface area (Å²) in [5.41, 5.74) is -1.24. The largest absolute Gasteiger partial charge is 0.464 e. The van der Waals surface area contributed by atoms with Gasteiger partial charge in [0.15, 0.2) is 0 Å². The topological polar surface area (TPSA) is 149 Å². The minimum atomic E-state index is -4.83. The number of halogens is 8. The number of esters is 1. The zero-order valence-corrected chi connectivity index (χ0v) is 35.4. The number of fused-ring (bicyclic) bond motifs is 2. The van der Waals surface area contributed by atoms with Crippen molar-refractivity contribution in [3.63, 3.8) is 0 Å². The molecule has 19 heteroatoms. The Morgan fingerprint density at radius 1 is 0.631 bits per heavy atom. The lowest BCUT2D eigenvalue weighted by molar-refractivity contribution is -0.142. The number of aliphatic hydroxyl groups excluding tert-OH is 1. The molecule has 0 saturated heterocycles. The highest BCUT2D eigenvalue weighted by molar-refractivity contribution is 6.04. The van der Waals surface area contributed by atoms with Crippen LogP contribution in [0.4, 0.5) is 46.5 Å². The molecular formula is C46H42F8N4O7. The zero-order chi connectivity index (χ0) is 48.1. The van der Waals surface area contributed by atoms with E-state index in [1.807, 2.05) is 0 Å². The van der Waals surface area contributed by atoms with Crippen molar-refractivity contribution >= 4 is 50.7 Å². The molecule has 6 rings (SSSR count). The van der Waals surface area contributed by atoms with Gasteiger partial charge >= 0.3 is 18.3 Å². The second-order valence-corrected chi connectivity index (χ2v) is 15.3. The number of ether oxygens (including phenoxy) is 1. The van der Waals surface area contributed by atoms with Crippen LogP contribution in [0, 0.1) is 25.5 Å². The molecule has 2 amide bonds. The van der Waals surface area contributed by atoms with Crippen LogP contribution in [0.5, 0.6) is 0 Å².